The Labute approximate surface area is 264 Å². The van der Waals surface area contributed by atoms with E-state index in [4.69, 9.17) is 28.9 Å². The van der Waals surface area contributed by atoms with Crippen molar-refractivity contribution in [3.05, 3.63) is 152 Å². The number of hydrogen-bond acceptors (Lipinski definition) is 3. The fourth-order valence-corrected chi connectivity index (χ4v) is 6.00. The monoisotopic (exact) mass is 616 g/mol. The van der Waals surface area contributed by atoms with Crippen molar-refractivity contribution in [1.29, 1.82) is 0 Å². The van der Waals surface area contributed by atoms with Crippen LogP contribution in [-0.2, 0) is 12.8 Å². The first-order chi connectivity index (χ1) is 20.1. The van der Waals surface area contributed by atoms with Crippen molar-refractivity contribution in [2.75, 3.05) is 13.1 Å². The zero-order chi connectivity index (χ0) is 28.6. The topological polar surface area (TPSA) is 55.1 Å². The Morgan fingerprint density at radius 2 is 1.43 bits per heavy atom. The molecule has 3 N–H and O–H groups in total. The van der Waals surface area contributed by atoms with Gasteiger partial charge < -0.3 is 11.1 Å². The number of carbonyl (C=O) groups is 1. The van der Waals surface area contributed by atoms with Crippen molar-refractivity contribution >= 4 is 53.0 Å². The summed E-state index contributed by atoms with van der Waals surface area (Å²) < 4.78 is 0. The molecule has 0 fully saturated rings. The third kappa shape index (κ3) is 7.60. The van der Waals surface area contributed by atoms with Crippen molar-refractivity contribution < 1.29 is 4.79 Å². The molecule has 7 rings (SSSR count). The molecule has 4 aromatic carbocycles. The lowest BCUT2D eigenvalue weighted by Crippen LogP contribution is -2.28. The van der Waals surface area contributed by atoms with E-state index in [-0.39, 0.29) is 12.4 Å². The molecule has 1 unspecified atom stereocenters. The number of allylic oxidation sites excluding steroid dienone is 1. The summed E-state index contributed by atoms with van der Waals surface area (Å²) in [5.41, 5.74) is 17.8. The van der Waals surface area contributed by atoms with Gasteiger partial charge in [-0.3, -0.25) is 4.79 Å². The Morgan fingerprint density at radius 3 is 2.10 bits per heavy atom. The van der Waals surface area contributed by atoms with Gasteiger partial charge in [-0.05, 0) is 101 Å². The molecule has 0 saturated carbocycles. The Morgan fingerprint density at radius 1 is 0.810 bits per heavy atom. The van der Waals surface area contributed by atoms with E-state index in [0.29, 0.717) is 16.6 Å². The van der Waals surface area contributed by atoms with E-state index >= 15 is 0 Å². The van der Waals surface area contributed by atoms with Gasteiger partial charge in [0.05, 0.1) is 6.04 Å². The molecule has 0 spiro atoms. The molecule has 0 radical (unpaired) electrons. The molecule has 42 heavy (non-hydrogen) atoms. The summed E-state index contributed by atoms with van der Waals surface area (Å²) in [6.45, 7) is 1.79. The minimum atomic E-state index is 0. The summed E-state index contributed by atoms with van der Waals surface area (Å²) >= 11 is 11.6. The largest absolute Gasteiger partial charge is 0.330 e. The lowest BCUT2D eigenvalue weighted by Gasteiger charge is -2.27. The van der Waals surface area contributed by atoms with E-state index in [1.807, 2.05) is 12.1 Å². The van der Waals surface area contributed by atoms with Crippen LogP contribution in [0, 0.1) is 0 Å². The summed E-state index contributed by atoms with van der Waals surface area (Å²) in [6, 6.07) is 32.7. The summed E-state index contributed by atoms with van der Waals surface area (Å²) in [7, 11) is 0. The van der Waals surface area contributed by atoms with Crippen LogP contribution in [0.4, 0.5) is 0 Å². The zero-order valence-corrected chi connectivity index (χ0v) is 25.7. The second-order valence-electron chi connectivity index (χ2n) is 10.3. The number of aldehydes is 1. The predicted molar refractivity (Wildman–Crippen MR) is 180 cm³/mol. The van der Waals surface area contributed by atoms with E-state index < -0.39 is 0 Å². The first-order valence-electron chi connectivity index (χ1n) is 14.0. The summed E-state index contributed by atoms with van der Waals surface area (Å²) in [6.07, 6.45) is 7.39. The first kappa shape index (κ1) is 31.7. The van der Waals surface area contributed by atoms with Crippen molar-refractivity contribution in [3.8, 4) is 0 Å². The highest BCUT2D eigenvalue weighted by molar-refractivity contribution is 6.30. The Bertz CT molecular complexity index is 1560. The maximum absolute atomic E-state index is 10.1. The van der Waals surface area contributed by atoms with Gasteiger partial charge in [0.15, 0.2) is 0 Å². The fourth-order valence-electron chi connectivity index (χ4n) is 5.75. The van der Waals surface area contributed by atoms with E-state index in [1.54, 1.807) is 35.4 Å². The van der Waals surface area contributed by atoms with Crippen LogP contribution in [0.1, 0.15) is 57.1 Å². The third-order valence-electron chi connectivity index (χ3n) is 7.74. The van der Waals surface area contributed by atoms with E-state index in [9.17, 15) is 4.79 Å². The Kier molecular flexibility index (Phi) is 11.6. The first-order valence-corrected chi connectivity index (χ1v) is 14.8. The van der Waals surface area contributed by atoms with Crippen LogP contribution >= 0.6 is 35.6 Å². The van der Waals surface area contributed by atoms with Crippen LogP contribution in [-0.4, -0.2) is 19.4 Å². The number of nitrogens with two attached hydrogens (primary N) is 1. The molecule has 3 nitrogen and oxygen atoms in total. The third-order valence-corrected chi connectivity index (χ3v) is 8.24. The van der Waals surface area contributed by atoms with Crippen LogP contribution in [0.15, 0.2) is 109 Å². The number of fused-ring (bicyclic) bond motifs is 3. The van der Waals surface area contributed by atoms with Gasteiger partial charge >= 0.3 is 0 Å². The second kappa shape index (κ2) is 15.3. The average molecular weight is 618 g/mol. The lowest BCUT2D eigenvalue weighted by atomic mass is 9.90. The highest BCUT2D eigenvalue weighted by Crippen LogP contribution is 2.43. The van der Waals surface area contributed by atoms with Crippen molar-refractivity contribution in [2.24, 2.45) is 5.73 Å². The number of rotatable bonds is 4. The van der Waals surface area contributed by atoms with Gasteiger partial charge in [-0.2, -0.15) is 0 Å². The van der Waals surface area contributed by atoms with E-state index in [1.165, 1.54) is 33.4 Å². The van der Waals surface area contributed by atoms with Crippen LogP contribution in [0.3, 0.4) is 0 Å². The van der Waals surface area contributed by atoms with E-state index in [0.717, 1.165) is 50.1 Å². The second-order valence-corrected chi connectivity index (χ2v) is 11.2. The molecule has 0 aromatic heterocycles. The van der Waals surface area contributed by atoms with Gasteiger partial charge in [0.25, 0.3) is 0 Å². The number of carbonyl (C=O) groups excluding carboxylic acids is 1. The molecule has 0 saturated heterocycles. The normalized spacial score (nSPS) is 15.9. The number of nitrogens with one attached hydrogen (secondary N) is 1. The van der Waals surface area contributed by atoms with Crippen LogP contribution in [0.2, 0.25) is 10.0 Å². The zero-order valence-electron chi connectivity index (χ0n) is 23.4. The summed E-state index contributed by atoms with van der Waals surface area (Å²) in [4.78, 5) is 10.1. The maximum atomic E-state index is 10.1. The standard InChI is InChI=1S/C18H16ClN.C11H13N.C7H5ClO.ClH/c19-14-7-5-12(6-8-14)18-17-11-13-3-1-2-4-15(13)16(17)9-10-20-18;12-8-7-10-6-5-9-3-1-2-4-11(9)10;8-7-3-1-6(5-9)2-4-7;/h1-8,18,20H,9-11H2;1-4,6H,5,7-8,12H2;1-5H;1H. The van der Waals surface area contributed by atoms with Gasteiger partial charge in [0.1, 0.15) is 6.29 Å². The number of halogens is 3. The molecule has 1 heterocycles. The van der Waals surface area contributed by atoms with Crippen LogP contribution in [0.5, 0.6) is 0 Å². The fraction of sp³-hybridized carbons (Fsp3) is 0.194. The van der Waals surface area contributed by atoms with Gasteiger partial charge in [0, 0.05) is 22.2 Å². The highest BCUT2D eigenvalue weighted by Gasteiger charge is 2.30. The quantitative estimate of drug-likeness (QED) is 0.225. The molecular weight excluding hydrogens is 583 g/mol. The lowest BCUT2D eigenvalue weighted by molar-refractivity contribution is 0.112. The van der Waals surface area contributed by atoms with Crippen LogP contribution < -0.4 is 11.1 Å². The molecule has 1 atom stereocenters. The number of benzene rings is 4. The molecular formula is C36H35Cl3N2O. The Hall–Kier alpha value is -3.18. The van der Waals surface area contributed by atoms with Crippen molar-refractivity contribution in [2.45, 2.75) is 31.7 Å². The minimum Gasteiger partial charge on any atom is -0.330 e. The van der Waals surface area contributed by atoms with E-state index in [2.05, 4.69) is 72.1 Å². The molecule has 2 aliphatic carbocycles. The molecule has 216 valence electrons. The smallest absolute Gasteiger partial charge is 0.150 e. The number of hydrogen-bond donors (Lipinski definition) is 2. The van der Waals surface area contributed by atoms with Gasteiger partial charge in [-0.15, -0.1) is 12.4 Å². The van der Waals surface area contributed by atoms with Crippen LogP contribution in [0.25, 0.3) is 11.1 Å². The SMILES string of the molecule is Cl.Clc1ccc(C2NCCC3=C2Cc2ccccc23)cc1.NCCC1=CCc2ccccc21.O=Cc1ccc(Cl)cc1. The van der Waals surface area contributed by atoms with Crippen molar-refractivity contribution in [1.82, 2.24) is 5.32 Å². The molecule has 0 amide bonds. The van der Waals surface area contributed by atoms with Gasteiger partial charge in [-0.25, -0.2) is 0 Å². The molecule has 4 aromatic rings. The predicted octanol–water partition coefficient (Wildman–Crippen LogP) is 8.93. The summed E-state index contributed by atoms with van der Waals surface area (Å²) in [5.74, 6) is 0. The molecule has 1 aliphatic heterocycles. The average Bonchev–Trinajstić information content (AvgIpc) is 3.60. The maximum Gasteiger partial charge on any atom is 0.150 e. The van der Waals surface area contributed by atoms with Gasteiger partial charge in [-0.1, -0.05) is 102 Å². The highest BCUT2D eigenvalue weighted by atomic mass is 35.5. The minimum absolute atomic E-state index is 0. The Balaban J connectivity index is 0.000000158. The molecule has 3 aliphatic rings. The molecule has 6 heteroatoms. The van der Waals surface area contributed by atoms with Gasteiger partial charge in [0.2, 0.25) is 0 Å². The summed E-state index contributed by atoms with van der Waals surface area (Å²) in [5, 5.41) is 5.11. The van der Waals surface area contributed by atoms with Crippen molar-refractivity contribution in [3.63, 3.8) is 0 Å². The molecule has 0 bridgehead atoms.